The number of halogens is 2. The molecule has 5 N–H and O–H groups in total. The van der Waals surface area contributed by atoms with E-state index < -0.39 is 17.7 Å². The SMILES string of the molecule is CCC(=CN)C(N)=NC1=NC(SC2C=CC(NC(=O)C3CC3(F)F)=CC2)CC(N2CCC2)=C1. The van der Waals surface area contributed by atoms with Crippen molar-refractivity contribution in [2.24, 2.45) is 27.4 Å². The molecule has 3 unspecified atom stereocenters. The number of nitrogens with zero attached hydrogens (tertiary/aromatic N) is 3. The summed E-state index contributed by atoms with van der Waals surface area (Å²) in [5, 5.41) is 2.75. The molecule has 3 atom stereocenters. The second-order valence-corrected chi connectivity index (χ2v) is 10.0. The van der Waals surface area contributed by atoms with Gasteiger partial charge in [0.2, 0.25) is 5.91 Å². The van der Waals surface area contributed by atoms with E-state index in [1.54, 1.807) is 17.8 Å². The van der Waals surface area contributed by atoms with Crippen LogP contribution in [-0.2, 0) is 4.79 Å². The number of rotatable bonds is 7. The first-order chi connectivity index (χ1) is 15.8. The van der Waals surface area contributed by atoms with Gasteiger partial charge >= 0.3 is 0 Å². The highest BCUT2D eigenvalue weighted by molar-refractivity contribution is 8.00. The minimum Gasteiger partial charge on any atom is -0.404 e. The van der Waals surface area contributed by atoms with Gasteiger partial charge in [-0.2, -0.15) is 0 Å². The number of alkyl halides is 2. The van der Waals surface area contributed by atoms with Crippen molar-refractivity contribution in [3.8, 4) is 0 Å². The summed E-state index contributed by atoms with van der Waals surface area (Å²) < 4.78 is 26.2. The Morgan fingerprint density at radius 1 is 1.45 bits per heavy atom. The number of allylic oxidation sites excluding steroid dienone is 2. The van der Waals surface area contributed by atoms with Gasteiger partial charge in [-0.05, 0) is 25.3 Å². The second-order valence-electron chi connectivity index (χ2n) is 8.60. The number of amides is 1. The second kappa shape index (κ2) is 9.70. The summed E-state index contributed by atoms with van der Waals surface area (Å²) in [4.78, 5) is 23.6. The molecule has 4 aliphatic rings. The first-order valence-corrected chi connectivity index (χ1v) is 12.2. The van der Waals surface area contributed by atoms with Crippen LogP contribution in [0.4, 0.5) is 8.78 Å². The molecule has 0 bridgehead atoms. The highest BCUT2D eigenvalue weighted by Crippen LogP contribution is 2.48. The van der Waals surface area contributed by atoms with Crippen molar-refractivity contribution in [1.29, 1.82) is 0 Å². The zero-order valence-corrected chi connectivity index (χ0v) is 19.5. The van der Waals surface area contributed by atoms with Crippen molar-refractivity contribution < 1.29 is 13.6 Å². The Morgan fingerprint density at radius 2 is 2.21 bits per heavy atom. The Balaban J connectivity index is 1.39. The number of carbonyl (C=O) groups is 1. The summed E-state index contributed by atoms with van der Waals surface area (Å²) in [6.45, 7) is 4.04. The molecule has 1 saturated heterocycles. The van der Waals surface area contributed by atoms with Crippen LogP contribution in [0.25, 0.3) is 0 Å². The van der Waals surface area contributed by atoms with Crippen molar-refractivity contribution in [2.45, 2.75) is 55.6 Å². The summed E-state index contributed by atoms with van der Waals surface area (Å²) in [6, 6.07) is 0. The van der Waals surface area contributed by atoms with Gasteiger partial charge in [0.15, 0.2) is 5.84 Å². The molecule has 33 heavy (non-hydrogen) atoms. The van der Waals surface area contributed by atoms with Crippen LogP contribution in [0.1, 0.15) is 39.0 Å². The van der Waals surface area contributed by atoms with Crippen molar-refractivity contribution in [3.63, 3.8) is 0 Å². The smallest absolute Gasteiger partial charge is 0.260 e. The van der Waals surface area contributed by atoms with Gasteiger partial charge in [-0.25, -0.2) is 13.8 Å². The fourth-order valence-electron chi connectivity index (χ4n) is 3.88. The molecule has 1 amide bonds. The Kier molecular flexibility index (Phi) is 6.92. The van der Waals surface area contributed by atoms with Crippen LogP contribution in [-0.4, -0.2) is 52.1 Å². The number of nitrogens with one attached hydrogen (secondary N) is 1. The number of nitrogens with two attached hydrogens (primary N) is 2. The standard InChI is InChI=1S/C23H30F2N6OS/c1-2-14(13-26)21(27)30-19-10-16(31-8-3-9-31)11-20(29-19)33-17-6-4-15(5-7-17)28-22(32)18-12-23(18,24)25/h4-6,10,13,17-18,20H,2-3,7-9,11-12,26H2,1H3,(H,28,32)(H2,27,29,30). The maximum Gasteiger partial charge on any atom is 0.260 e. The van der Waals surface area contributed by atoms with E-state index in [1.807, 2.05) is 25.2 Å². The number of hydrogen-bond donors (Lipinski definition) is 3. The van der Waals surface area contributed by atoms with Crippen LogP contribution in [0.5, 0.6) is 0 Å². The van der Waals surface area contributed by atoms with Crippen LogP contribution in [0.15, 0.2) is 57.5 Å². The molecular weight excluding hydrogens is 446 g/mol. The maximum absolute atomic E-state index is 13.1. The normalized spacial score (nSPS) is 29.0. The third-order valence-electron chi connectivity index (χ3n) is 6.17. The molecule has 0 spiro atoms. The molecule has 2 heterocycles. The number of hydrogen-bond acceptors (Lipinski definition) is 6. The van der Waals surface area contributed by atoms with Gasteiger partial charge in [-0.15, -0.1) is 11.8 Å². The molecule has 0 aromatic carbocycles. The van der Waals surface area contributed by atoms with E-state index in [0.29, 0.717) is 30.2 Å². The van der Waals surface area contributed by atoms with Crippen LogP contribution in [0, 0.1) is 5.92 Å². The van der Waals surface area contributed by atoms with E-state index in [2.05, 4.69) is 15.2 Å². The van der Waals surface area contributed by atoms with E-state index >= 15 is 0 Å². The Hall–Kier alpha value is -2.62. The molecular formula is C23H30F2N6OS. The first-order valence-electron chi connectivity index (χ1n) is 11.3. The van der Waals surface area contributed by atoms with Crippen molar-refractivity contribution in [3.05, 3.63) is 47.5 Å². The predicted molar refractivity (Wildman–Crippen MR) is 129 cm³/mol. The van der Waals surface area contributed by atoms with Crippen LogP contribution < -0.4 is 16.8 Å². The molecule has 10 heteroatoms. The largest absolute Gasteiger partial charge is 0.404 e. The summed E-state index contributed by atoms with van der Waals surface area (Å²) >= 11 is 1.72. The average Bonchev–Trinajstić information content (AvgIpc) is 3.37. The average molecular weight is 477 g/mol. The Morgan fingerprint density at radius 3 is 2.76 bits per heavy atom. The maximum atomic E-state index is 13.1. The lowest BCUT2D eigenvalue weighted by molar-refractivity contribution is -0.123. The zero-order valence-electron chi connectivity index (χ0n) is 18.6. The summed E-state index contributed by atoms with van der Waals surface area (Å²) in [5.74, 6) is -3.69. The molecule has 7 nitrogen and oxygen atoms in total. The van der Waals surface area contributed by atoms with Gasteiger partial charge in [0.05, 0.1) is 0 Å². The third kappa shape index (κ3) is 5.66. The van der Waals surface area contributed by atoms with Gasteiger partial charge in [0.25, 0.3) is 5.92 Å². The van der Waals surface area contributed by atoms with E-state index in [1.165, 1.54) is 18.3 Å². The first kappa shape index (κ1) is 23.5. The molecule has 0 aromatic rings. The van der Waals surface area contributed by atoms with Crippen LogP contribution in [0.2, 0.25) is 0 Å². The van der Waals surface area contributed by atoms with E-state index in [4.69, 9.17) is 16.5 Å². The molecule has 2 aliphatic carbocycles. The van der Waals surface area contributed by atoms with Gasteiger partial charge in [0.1, 0.15) is 17.1 Å². The van der Waals surface area contributed by atoms with E-state index in [9.17, 15) is 13.6 Å². The number of amidine groups is 2. The van der Waals surface area contributed by atoms with Crippen LogP contribution >= 0.6 is 11.8 Å². The lowest BCUT2D eigenvalue weighted by Gasteiger charge is -2.37. The van der Waals surface area contributed by atoms with Gasteiger partial charge in [0, 0.05) is 60.4 Å². The van der Waals surface area contributed by atoms with E-state index in [-0.39, 0.29) is 17.0 Å². The number of dihydropyridines is 1. The highest BCUT2D eigenvalue weighted by atomic mass is 32.2. The molecule has 178 valence electrons. The molecule has 1 saturated carbocycles. The zero-order chi connectivity index (χ0) is 23.6. The monoisotopic (exact) mass is 476 g/mol. The van der Waals surface area contributed by atoms with Crippen molar-refractivity contribution in [1.82, 2.24) is 10.2 Å². The topological polar surface area (TPSA) is 109 Å². The lowest BCUT2D eigenvalue weighted by atomic mass is 10.1. The lowest BCUT2D eigenvalue weighted by Crippen LogP contribution is -2.38. The minimum absolute atomic E-state index is 0.0200. The quantitative estimate of drug-likeness (QED) is 0.387. The minimum atomic E-state index is -2.86. The Labute approximate surface area is 196 Å². The van der Waals surface area contributed by atoms with E-state index in [0.717, 1.165) is 25.1 Å². The van der Waals surface area contributed by atoms with Crippen molar-refractivity contribution >= 4 is 29.3 Å². The molecule has 4 rings (SSSR count). The third-order valence-corrected chi connectivity index (χ3v) is 7.45. The van der Waals surface area contributed by atoms with Gasteiger partial charge in [-0.3, -0.25) is 9.79 Å². The molecule has 2 aliphatic heterocycles. The van der Waals surface area contributed by atoms with Gasteiger partial charge in [-0.1, -0.05) is 19.1 Å². The summed E-state index contributed by atoms with van der Waals surface area (Å²) in [6.07, 6.45) is 12.1. The number of carbonyl (C=O) groups excluding carboxylic acids is 1. The fraction of sp³-hybridized carbons (Fsp3) is 0.522. The summed E-state index contributed by atoms with van der Waals surface area (Å²) in [7, 11) is 0. The number of thioether (sulfide) groups is 1. The van der Waals surface area contributed by atoms with Gasteiger partial charge < -0.3 is 21.7 Å². The molecule has 0 aromatic heterocycles. The van der Waals surface area contributed by atoms with Crippen LogP contribution in [0.3, 0.4) is 0 Å². The molecule has 0 radical (unpaired) electrons. The summed E-state index contributed by atoms with van der Waals surface area (Å²) in [5.41, 5.74) is 14.4. The Bertz CT molecular complexity index is 979. The van der Waals surface area contributed by atoms with Crippen molar-refractivity contribution in [2.75, 3.05) is 13.1 Å². The number of aliphatic imine (C=N–C) groups is 2. The highest BCUT2D eigenvalue weighted by Gasteiger charge is 2.61. The molecule has 2 fully saturated rings. The predicted octanol–water partition coefficient (Wildman–Crippen LogP) is 3.03. The number of likely N-dealkylation sites (tertiary alicyclic amines) is 1. The fourth-order valence-corrected chi connectivity index (χ4v) is 5.10.